The monoisotopic (exact) mass is 416 g/mol. The summed E-state index contributed by atoms with van der Waals surface area (Å²) >= 11 is 0. The molecular formula is C24H24N4O3. The van der Waals surface area contributed by atoms with Gasteiger partial charge in [-0.05, 0) is 38.5 Å². The fraction of sp³-hybridized carbons (Fsp3) is 0.250. The fourth-order valence-corrected chi connectivity index (χ4v) is 3.43. The topological polar surface area (TPSA) is 101 Å². The Morgan fingerprint density at radius 2 is 2.00 bits per heavy atom. The van der Waals surface area contributed by atoms with Gasteiger partial charge in [-0.1, -0.05) is 30.3 Å². The molecule has 0 bridgehead atoms. The first-order chi connectivity index (χ1) is 15.0. The molecule has 31 heavy (non-hydrogen) atoms. The Kier molecular flexibility index (Phi) is 6.83. The maximum atomic E-state index is 13.0. The van der Waals surface area contributed by atoms with E-state index in [0.29, 0.717) is 35.5 Å². The summed E-state index contributed by atoms with van der Waals surface area (Å²) in [5.74, 6) is -0.693. The van der Waals surface area contributed by atoms with Crippen molar-refractivity contribution in [2.75, 3.05) is 6.61 Å². The quantitative estimate of drug-likeness (QED) is 0.331. The summed E-state index contributed by atoms with van der Waals surface area (Å²) in [7, 11) is 0. The smallest absolute Gasteiger partial charge is 0.355 e. The summed E-state index contributed by atoms with van der Waals surface area (Å²) in [5.41, 5.74) is 4.36. The predicted octanol–water partition coefficient (Wildman–Crippen LogP) is 4.48. The molecule has 1 aromatic carbocycles. The highest BCUT2D eigenvalue weighted by Gasteiger charge is 2.21. The molecule has 0 aliphatic carbocycles. The lowest BCUT2D eigenvalue weighted by atomic mass is 10.0. The van der Waals surface area contributed by atoms with Crippen LogP contribution in [0.15, 0.2) is 42.6 Å². The number of aryl methyl sites for hydroxylation is 2. The number of esters is 1. The number of H-pyrrole nitrogens is 1. The van der Waals surface area contributed by atoms with Gasteiger partial charge in [-0.25, -0.2) is 4.79 Å². The average Bonchev–Trinajstić information content (AvgIpc) is 3.31. The molecule has 0 fully saturated rings. The van der Waals surface area contributed by atoms with Gasteiger partial charge >= 0.3 is 5.97 Å². The molecule has 7 nitrogen and oxygen atoms in total. The molecule has 0 aliphatic rings. The van der Waals surface area contributed by atoms with Crippen LogP contribution in [0.4, 0.5) is 0 Å². The van der Waals surface area contributed by atoms with Gasteiger partial charge in [-0.3, -0.25) is 9.48 Å². The van der Waals surface area contributed by atoms with Crippen LogP contribution in [0.3, 0.4) is 0 Å². The molecule has 0 saturated carbocycles. The number of aromatic amines is 1. The number of allylic oxidation sites excluding steroid dienone is 1. The van der Waals surface area contributed by atoms with E-state index in [4.69, 9.17) is 10.00 Å². The van der Waals surface area contributed by atoms with E-state index in [-0.39, 0.29) is 12.4 Å². The second-order valence-electron chi connectivity index (χ2n) is 7.01. The Hall–Kier alpha value is -3.92. The number of benzene rings is 1. The van der Waals surface area contributed by atoms with Crippen molar-refractivity contribution in [3.8, 4) is 17.3 Å². The molecule has 3 rings (SSSR count). The first-order valence-corrected chi connectivity index (χ1v) is 10.0. The van der Waals surface area contributed by atoms with E-state index in [0.717, 1.165) is 16.8 Å². The molecular weight excluding hydrogens is 392 g/mol. The van der Waals surface area contributed by atoms with Crippen LogP contribution < -0.4 is 0 Å². The number of carbonyl (C=O) groups excluding carboxylic acids is 2. The highest BCUT2D eigenvalue weighted by Crippen LogP contribution is 2.24. The van der Waals surface area contributed by atoms with Gasteiger partial charge in [0.2, 0.25) is 0 Å². The Labute approximate surface area is 181 Å². The molecule has 0 aliphatic heterocycles. The second-order valence-corrected chi connectivity index (χ2v) is 7.01. The average molecular weight is 416 g/mol. The van der Waals surface area contributed by atoms with Gasteiger partial charge < -0.3 is 9.72 Å². The minimum absolute atomic E-state index is 0.217. The molecule has 2 aromatic heterocycles. The number of nitrogens with zero attached hydrogens (tertiary/aromatic N) is 3. The van der Waals surface area contributed by atoms with E-state index in [1.54, 1.807) is 31.5 Å². The summed E-state index contributed by atoms with van der Waals surface area (Å²) in [5, 5.41) is 13.5. The van der Waals surface area contributed by atoms with Crippen molar-refractivity contribution in [1.29, 1.82) is 5.26 Å². The van der Waals surface area contributed by atoms with E-state index in [9.17, 15) is 9.59 Å². The van der Waals surface area contributed by atoms with E-state index in [1.807, 2.05) is 36.5 Å². The molecule has 0 unspecified atom stereocenters. The molecule has 2 heterocycles. The molecule has 0 radical (unpaired) electrons. The van der Waals surface area contributed by atoms with Gasteiger partial charge in [-0.15, -0.1) is 0 Å². The summed E-state index contributed by atoms with van der Waals surface area (Å²) in [6.45, 7) is 5.95. The van der Waals surface area contributed by atoms with Crippen LogP contribution in [0.2, 0.25) is 0 Å². The summed E-state index contributed by atoms with van der Waals surface area (Å²) < 4.78 is 6.76. The molecule has 0 spiro atoms. The van der Waals surface area contributed by atoms with Gasteiger partial charge in [0.15, 0.2) is 5.78 Å². The van der Waals surface area contributed by atoms with Crippen LogP contribution >= 0.6 is 0 Å². The second kappa shape index (κ2) is 9.72. The Morgan fingerprint density at radius 1 is 1.26 bits per heavy atom. The van der Waals surface area contributed by atoms with Crippen LogP contribution in [0.5, 0.6) is 0 Å². The van der Waals surface area contributed by atoms with Crippen LogP contribution in [-0.4, -0.2) is 33.1 Å². The number of rotatable bonds is 8. The maximum Gasteiger partial charge on any atom is 0.355 e. The summed E-state index contributed by atoms with van der Waals surface area (Å²) in [6.07, 6.45) is 5.37. The zero-order chi connectivity index (χ0) is 22.4. The van der Waals surface area contributed by atoms with Gasteiger partial charge in [-0.2, -0.15) is 10.4 Å². The molecule has 3 aromatic rings. The number of ether oxygens (including phenoxy) is 1. The van der Waals surface area contributed by atoms with Crippen LogP contribution in [0.25, 0.3) is 17.3 Å². The van der Waals surface area contributed by atoms with Crippen molar-refractivity contribution in [3.63, 3.8) is 0 Å². The van der Waals surface area contributed by atoms with Crippen LogP contribution in [0, 0.1) is 25.2 Å². The Bertz CT molecular complexity index is 1160. The third-order valence-corrected chi connectivity index (χ3v) is 4.87. The number of ketones is 1. The molecule has 0 saturated heterocycles. The lowest BCUT2D eigenvalue weighted by molar-refractivity contribution is 0.0519. The van der Waals surface area contributed by atoms with Crippen molar-refractivity contribution in [3.05, 3.63) is 70.7 Å². The standard InChI is InChI=1S/C24H24N4O3/c1-4-31-24(30)22-16(2)21(17(3)26-22)20(29)12-11-19-15-28(14-8-13-25)27-23(19)18-9-6-5-7-10-18/h5-7,9-12,15,26H,4,8,14H2,1-3H3/b12-11+. The molecule has 0 amide bonds. The number of carbonyl (C=O) groups is 2. The molecule has 158 valence electrons. The van der Waals surface area contributed by atoms with Gasteiger partial charge in [0.1, 0.15) is 5.69 Å². The van der Waals surface area contributed by atoms with Crippen molar-refractivity contribution in [1.82, 2.24) is 14.8 Å². The number of nitriles is 1. The van der Waals surface area contributed by atoms with Gasteiger partial charge in [0, 0.05) is 28.6 Å². The Morgan fingerprint density at radius 3 is 2.68 bits per heavy atom. The normalized spacial score (nSPS) is 10.9. The van der Waals surface area contributed by atoms with E-state index in [2.05, 4.69) is 16.2 Å². The zero-order valence-electron chi connectivity index (χ0n) is 17.8. The first-order valence-electron chi connectivity index (χ1n) is 10.0. The predicted molar refractivity (Wildman–Crippen MR) is 117 cm³/mol. The number of aromatic nitrogens is 3. The summed E-state index contributed by atoms with van der Waals surface area (Å²) in [4.78, 5) is 28.0. The SMILES string of the molecule is CCOC(=O)c1[nH]c(C)c(C(=O)/C=C/c2cn(CCC#N)nc2-c2ccccc2)c1C. The molecule has 0 atom stereocenters. The largest absolute Gasteiger partial charge is 0.461 e. The minimum atomic E-state index is -0.476. The minimum Gasteiger partial charge on any atom is -0.461 e. The van der Waals surface area contributed by atoms with Crippen LogP contribution in [-0.2, 0) is 11.3 Å². The number of hydrogen-bond acceptors (Lipinski definition) is 5. The van der Waals surface area contributed by atoms with Crippen molar-refractivity contribution in [2.24, 2.45) is 0 Å². The zero-order valence-corrected chi connectivity index (χ0v) is 17.8. The lowest BCUT2D eigenvalue weighted by Crippen LogP contribution is -2.07. The molecule has 1 N–H and O–H groups in total. The third-order valence-electron chi connectivity index (χ3n) is 4.87. The Balaban J connectivity index is 1.93. The number of hydrogen-bond donors (Lipinski definition) is 1. The molecule has 7 heteroatoms. The van der Waals surface area contributed by atoms with E-state index >= 15 is 0 Å². The highest BCUT2D eigenvalue weighted by molar-refractivity contribution is 6.10. The number of nitrogens with one attached hydrogen (secondary N) is 1. The first kappa shape index (κ1) is 21.8. The van der Waals surface area contributed by atoms with Crippen molar-refractivity contribution >= 4 is 17.8 Å². The van der Waals surface area contributed by atoms with Crippen molar-refractivity contribution < 1.29 is 14.3 Å². The van der Waals surface area contributed by atoms with E-state index < -0.39 is 5.97 Å². The maximum absolute atomic E-state index is 13.0. The third kappa shape index (κ3) is 4.81. The summed E-state index contributed by atoms with van der Waals surface area (Å²) in [6, 6.07) is 11.8. The fourth-order valence-electron chi connectivity index (χ4n) is 3.43. The van der Waals surface area contributed by atoms with Crippen LogP contribution in [0.1, 0.15) is 51.0 Å². The lowest BCUT2D eigenvalue weighted by Gasteiger charge is -2.01. The van der Waals surface area contributed by atoms with E-state index in [1.165, 1.54) is 6.08 Å². The van der Waals surface area contributed by atoms with Crippen molar-refractivity contribution in [2.45, 2.75) is 33.7 Å². The van der Waals surface area contributed by atoms with Gasteiger partial charge in [0.25, 0.3) is 0 Å². The van der Waals surface area contributed by atoms with Gasteiger partial charge in [0.05, 0.1) is 31.3 Å². The highest BCUT2D eigenvalue weighted by atomic mass is 16.5.